The van der Waals surface area contributed by atoms with Crippen LogP contribution >= 0.6 is 0 Å². The minimum Gasteiger partial charge on any atom is -0.478 e. The number of hydrogen-bond acceptors (Lipinski definition) is 3. The van der Waals surface area contributed by atoms with Gasteiger partial charge in [-0.25, -0.2) is 4.79 Å². The first-order chi connectivity index (χ1) is 8.70. The number of amides is 2. The molecule has 0 saturated carbocycles. The Morgan fingerprint density at radius 1 is 1.16 bits per heavy atom. The lowest BCUT2D eigenvalue weighted by atomic mass is 10.1. The molecule has 2 N–H and O–H groups in total. The van der Waals surface area contributed by atoms with Gasteiger partial charge in [0, 0.05) is 23.7 Å². The van der Waals surface area contributed by atoms with Crippen molar-refractivity contribution in [3.05, 3.63) is 11.1 Å². The SMILES string of the molecule is CCN(CC(=O)NC(C)C)C(=O)C(C)=C(C)C(=O)O. The second kappa shape index (κ2) is 7.56. The molecule has 0 aromatic carbocycles. The van der Waals surface area contributed by atoms with Gasteiger partial charge < -0.3 is 15.3 Å². The average molecular weight is 270 g/mol. The lowest BCUT2D eigenvalue weighted by molar-refractivity contribution is -0.134. The van der Waals surface area contributed by atoms with Gasteiger partial charge in [-0.2, -0.15) is 0 Å². The predicted molar refractivity (Wildman–Crippen MR) is 71.5 cm³/mol. The molecule has 6 heteroatoms. The van der Waals surface area contributed by atoms with E-state index < -0.39 is 11.9 Å². The van der Waals surface area contributed by atoms with Gasteiger partial charge in [-0.1, -0.05) is 0 Å². The molecule has 0 heterocycles. The zero-order chi connectivity index (χ0) is 15.2. The smallest absolute Gasteiger partial charge is 0.331 e. The number of nitrogens with zero attached hydrogens (tertiary/aromatic N) is 1. The van der Waals surface area contributed by atoms with Gasteiger partial charge in [-0.15, -0.1) is 0 Å². The molecule has 0 aliphatic heterocycles. The maximum atomic E-state index is 12.1. The normalized spacial score (nSPS) is 11.9. The number of carboxylic acids is 1. The molecule has 0 fully saturated rings. The molecule has 0 aliphatic rings. The molecule has 19 heavy (non-hydrogen) atoms. The van der Waals surface area contributed by atoms with Crippen molar-refractivity contribution in [2.75, 3.05) is 13.1 Å². The van der Waals surface area contributed by atoms with Gasteiger partial charge >= 0.3 is 5.97 Å². The first-order valence-corrected chi connectivity index (χ1v) is 6.20. The standard InChI is InChI=1S/C13H22N2O4/c1-6-15(7-11(16)14-8(2)3)12(17)9(4)10(5)13(18)19/h8H,6-7H2,1-5H3,(H,14,16)(H,18,19). The van der Waals surface area contributed by atoms with Crippen molar-refractivity contribution in [1.82, 2.24) is 10.2 Å². The van der Waals surface area contributed by atoms with Gasteiger partial charge in [-0.3, -0.25) is 9.59 Å². The van der Waals surface area contributed by atoms with Crippen LogP contribution in [0.5, 0.6) is 0 Å². The highest BCUT2D eigenvalue weighted by Gasteiger charge is 2.20. The van der Waals surface area contributed by atoms with Crippen LogP contribution in [0.4, 0.5) is 0 Å². The highest BCUT2D eigenvalue weighted by Crippen LogP contribution is 2.08. The fourth-order valence-corrected chi connectivity index (χ4v) is 1.43. The quantitative estimate of drug-likeness (QED) is 0.698. The summed E-state index contributed by atoms with van der Waals surface area (Å²) in [4.78, 5) is 35.8. The van der Waals surface area contributed by atoms with E-state index in [4.69, 9.17) is 5.11 Å². The molecule has 108 valence electrons. The molecule has 0 bridgehead atoms. The number of nitrogens with one attached hydrogen (secondary N) is 1. The second-order valence-electron chi connectivity index (χ2n) is 4.60. The molecule has 0 rings (SSSR count). The van der Waals surface area contributed by atoms with Crippen LogP contribution in [0.1, 0.15) is 34.6 Å². The molecule has 0 aromatic heterocycles. The Hall–Kier alpha value is -1.85. The van der Waals surface area contributed by atoms with E-state index in [-0.39, 0.29) is 29.6 Å². The maximum absolute atomic E-state index is 12.1. The summed E-state index contributed by atoms with van der Waals surface area (Å²) in [6, 6.07) is -0.00120. The second-order valence-corrected chi connectivity index (χ2v) is 4.60. The summed E-state index contributed by atoms with van der Waals surface area (Å²) in [5, 5.41) is 11.5. The minimum atomic E-state index is -1.13. The highest BCUT2D eigenvalue weighted by molar-refractivity contribution is 6.02. The van der Waals surface area contributed by atoms with Gasteiger partial charge in [0.15, 0.2) is 0 Å². The number of hydrogen-bond donors (Lipinski definition) is 2. The summed E-state index contributed by atoms with van der Waals surface area (Å²) in [6.45, 7) is 8.49. The average Bonchev–Trinajstić information content (AvgIpc) is 2.32. The topological polar surface area (TPSA) is 86.7 Å². The zero-order valence-electron chi connectivity index (χ0n) is 12.1. The van der Waals surface area contributed by atoms with Crippen LogP contribution in [0.25, 0.3) is 0 Å². The van der Waals surface area contributed by atoms with Gasteiger partial charge in [0.05, 0.1) is 6.54 Å². The molecule has 6 nitrogen and oxygen atoms in total. The Kier molecular flexibility index (Phi) is 6.82. The molecule has 0 saturated heterocycles. The van der Waals surface area contributed by atoms with Crippen LogP contribution in [-0.4, -0.2) is 46.9 Å². The number of aliphatic carboxylic acids is 1. The van der Waals surface area contributed by atoms with Crippen molar-refractivity contribution >= 4 is 17.8 Å². The third-order valence-electron chi connectivity index (χ3n) is 2.66. The summed E-state index contributed by atoms with van der Waals surface area (Å²) in [5.74, 6) is -1.82. The number of likely N-dealkylation sites (N-methyl/N-ethyl adjacent to an activating group) is 1. The fourth-order valence-electron chi connectivity index (χ4n) is 1.43. The Morgan fingerprint density at radius 3 is 2.05 bits per heavy atom. The Labute approximate surface area is 113 Å². The van der Waals surface area contributed by atoms with Crippen LogP contribution in [0, 0.1) is 0 Å². The van der Waals surface area contributed by atoms with E-state index in [1.807, 2.05) is 13.8 Å². The molecular formula is C13H22N2O4. The van der Waals surface area contributed by atoms with Gasteiger partial charge in [0.2, 0.25) is 11.8 Å². The lowest BCUT2D eigenvalue weighted by Gasteiger charge is -2.22. The summed E-state index contributed by atoms with van der Waals surface area (Å²) in [7, 11) is 0. The van der Waals surface area contributed by atoms with Crippen LogP contribution < -0.4 is 5.32 Å². The molecule has 0 spiro atoms. The monoisotopic (exact) mass is 270 g/mol. The van der Waals surface area contributed by atoms with Crippen LogP contribution in [0.2, 0.25) is 0 Å². The van der Waals surface area contributed by atoms with Crippen LogP contribution in [-0.2, 0) is 14.4 Å². The minimum absolute atomic E-state index is 0.00120. The molecule has 0 atom stereocenters. The lowest BCUT2D eigenvalue weighted by Crippen LogP contribution is -2.43. The Balaban J connectivity index is 4.88. The molecule has 0 unspecified atom stereocenters. The molecule has 0 aliphatic carbocycles. The number of carboxylic acid groups (broad SMARTS) is 1. The number of carbonyl (C=O) groups excluding carboxylic acids is 2. The van der Waals surface area contributed by atoms with Gasteiger partial charge in [0.1, 0.15) is 0 Å². The predicted octanol–water partition coefficient (Wildman–Crippen LogP) is 0.780. The largest absolute Gasteiger partial charge is 0.478 e. The van der Waals surface area contributed by atoms with Crippen molar-refractivity contribution in [1.29, 1.82) is 0 Å². The van der Waals surface area contributed by atoms with E-state index in [2.05, 4.69) is 5.32 Å². The van der Waals surface area contributed by atoms with E-state index in [0.717, 1.165) is 0 Å². The first kappa shape index (κ1) is 17.2. The first-order valence-electron chi connectivity index (χ1n) is 6.20. The Bertz CT molecular complexity index is 399. The zero-order valence-corrected chi connectivity index (χ0v) is 12.1. The summed E-state index contributed by atoms with van der Waals surface area (Å²) < 4.78 is 0. The molecule has 0 aromatic rings. The summed E-state index contributed by atoms with van der Waals surface area (Å²) in [6.07, 6.45) is 0. The maximum Gasteiger partial charge on any atom is 0.331 e. The van der Waals surface area contributed by atoms with E-state index >= 15 is 0 Å². The summed E-state index contributed by atoms with van der Waals surface area (Å²) in [5.41, 5.74) is 0.138. The van der Waals surface area contributed by atoms with Crippen molar-refractivity contribution in [2.45, 2.75) is 40.7 Å². The Morgan fingerprint density at radius 2 is 1.68 bits per heavy atom. The number of carbonyl (C=O) groups is 3. The van der Waals surface area contributed by atoms with Crippen molar-refractivity contribution in [2.24, 2.45) is 0 Å². The van der Waals surface area contributed by atoms with Crippen molar-refractivity contribution in [3.63, 3.8) is 0 Å². The third-order valence-corrected chi connectivity index (χ3v) is 2.66. The van der Waals surface area contributed by atoms with Gasteiger partial charge in [-0.05, 0) is 34.6 Å². The molecular weight excluding hydrogens is 248 g/mol. The van der Waals surface area contributed by atoms with E-state index in [0.29, 0.717) is 6.54 Å². The van der Waals surface area contributed by atoms with E-state index in [1.54, 1.807) is 6.92 Å². The van der Waals surface area contributed by atoms with Crippen molar-refractivity contribution in [3.8, 4) is 0 Å². The van der Waals surface area contributed by atoms with Crippen LogP contribution in [0.3, 0.4) is 0 Å². The van der Waals surface area contributed by atoms with Gasteiger partial charge in [0.25, 0.3) is 0 Å². The summed E-state index contributed by atoms with van der Waals surface area (Å²) >= 11 is 0. The van der Waals surface area contributed by atoms with Crippen molar-refractivity contribution < 1.29 is 19.5 Å². The molecule has 0 radical (unpaired) electrons. The molecule has 2 amide bonds. The number of rotatable bonds is 6. The van der Waals surface area contributed by atoms with E-state index in [1.165, 1.54) is 18.7 Å². The fraction of sp³-hybridized carbons (Fsp3) is 0.615. The third kappa shape index (κ3) is 5.54. The highest BCUT2D eigenvalue weighted by atomic mass is 16.4. The van der Waals surface area contributed by atoms with Crippen LogP contribution in [0.15, 0.2) is 11.1 Å². The van der Waals surface area contributed by atoms with E-state index in [9.17, 15) is 14.4 Å².